The molecule has 0 radical (unpaired) electrons. The van der Waals surface area contributed by atoms with Crippen molar-refractivity contribution >= 4 is 5.78 Å². The zero-order valence-electron chi connectivity index (χ0n) is 7.59. The molecule has 1 saturated heterocycles. The van der Waals surface area contributed by atoms with Crippen molar-refractivity contribution in [3.8, 4) is 0 Å². The van der Waals surface area contributed by atoms with Crippen molar-refractivity contribution in [2.75, 3.05) is 6.61 Å². The zero-order valence-corrected chi connectivity index (χ0v) is 7.59. The van der Waals surface area contributed by atoms with Gasteiger partial charge in [0, 0.05) is 0 Å². The van der Waals surface area contributed by atoms with E-state index in [9.17, 15) is 4.79 Å². The van der Waals surface area contributed by atoms with Crippen LogP contribution >= 0.6 is 0 Å². The Labute approximate surface area is 72.6 Å². The molecule has 1 unspecified atom stereocenters. The third-order valence-electron chi connectivity index (χ3n) is 2.90. The van der Waals surface area contributed by atoms with Crippen LogP contribution in [-0.2, 0) is 9.53 Å². The van der Waals surface area contributed by atoms with Gasteiger partial charge in [-0.3, -0.25) is 4.79 Å². The van der Waals surface area contributed by atoms with Crippen molar-refractivity contribution in [1.82, 2.24) is 0 Å². The highest BCUT2D eigenvalue weighted by molar-refractivity contribution is 5.94. The quantitative estimate of drug-likeness (QED) is 0.555. The lowest BCUT2D eigenvalue weighted by atomic mass is 9.81. The van der Waals surface area contributed by atoms with Gasteiger partial charge >= 0.3 is 0 Å². The molecule has 2 aliphatic rings. The Balaban J connectivity index is 2.15. The molecular weight excluding hydrogens is 152 g/mol. The number of ketones is 1. The Morgan fingerprint density at radius 2 is 2.33 bits per heavy atom. The summed E-state index contributed by atoms with van der Waals surface area (Å²) in [5.41, 5.74) is 1.09. The Morgan fingerprint density at radius 1 is 1.67 bits per heavy atom. The van der Waals surface area contributed by atoms with E-state index < -0.39 is 0 Å². The number of hydrogen-bond acceptors (Lipinski definition) is 2. The lowest BCUT2D eigenvalue weighted by Gasteiger charge is -2.22. The van der Waals surface area contributed by atoms with Crippen LogP contribution in [0.1, 0.15) is 26.7 Å². The Morgan fingerprint density at radius 3 is 2.83 bits per heavy atom. The molecule has 2 nitrogen and oxygen atoms in total. The highest BCUT2D eigenvalue weighted by Gasteiger charge is 2.49. The smallest absolute Gasteiger partial charge is 0.161 e. The largest absolute Gasteiger partial charge is 0.369 e. The van der Waals surface area contributed by atoms with Crippen LogP contribution < -0.4 is 0 Å². The number of epoxide rings is 1. The Kier molecular flexibility index (Phi) is 1.62. The maximum Gasteiger partial charge on any atom is 0.161 e. The van der Waals surface area contributed by atoms with Gasteiger partial charge in [-0.1, -0.05) is 5.57 Å². The number of carbonyl (C=O) groups is 1. The fourth-order valence-corrected chi connectivity index (χ4v) is 1.85. The highest BCUT2D eigenvalue weighted by atomic mass is 16.6. The van der Waals surface area contributed by atoms with Crippen LogP contribution in [0.5, 0.6) is 0 Å². The highest BCUT2D eigenvalue weighted by Crippen LogP contribution is 2.40. The first kappa shape index (κ1) is 7.99. The first-order chi connectivity index (χ1) is 5.62. The maximum absolute atomic E-state index is 11.5. The van der Waals surface area contributed by atoms with E-state index >= 15 is 0 Å². The van der Waals surface area contributed by atoms with Gasteiger partial charge < -0.3 is 4.74 Å². The Hall–Kier alpha value is -0.630. The van der Waals surface area contributed by atoms with Gasteiger partial charge in [-0.25, -0.2) is 0 Å². The average molecular weight is 166 g/mol. The van der Waals surface area contributed by atoms with Crippen molar-refractivity contribution in [2.45, 2.75) is 32.3 Å². The summed E-state index contributed by atoms with van der Waals surface area (Å²) >= 11 is 0. The van der Waals surface area contributed by atoms with Gasteiger partial charge in [0.15, 0.2) is 5.78 Å². The van der Waals surface area contributed by atoms with Gasteiger partial charge in [0.05, 0.1) is 18.1 Å². The van der Waals surface area contributed by atoms with E-state index in [4.69, 9.17) is 4.74 Å². The number of hydrogen-bond donors (Lipinski definition) is 0. The van der Waals surface area contributed by atoms with Gasteiger partial charge in [-0.2, -0.15) is 0 Å². The summed E-state index contributed by atoms with van der Waals surface area (Å²) in [6.45, 7) is 4.81. The van der Waals surface area contributed by atoms with Gasteiger partial charge in [0.2, 0.25) is 0 Å². The molecule has 1 heterocycles. The number of ether oxygens (including phenoxy) is 1. The van der Waals surface area contributed by atoms with Crippen LogP contribution in [0.4, 0.5) is 0 Å². The van der Waals surface area contributed by atoms with E-state index in [1.54, 1.807) is 6.08 Å². The molecule has 0 aromatic heterocycles. The molecule has 2 heteroatoms. The standard InChI is InChI=1S/C10H14O2/c1-7-3-4-8(9(11)5-7)10(2)6-12-10/h5,8H,3-4,6H2,1-2H3/t8-,10?/m1/s1. The summed E-state index contributed by atoms with van der Waals surface area (Å²) in [5, 5.41) is 0. The van der Waals surface area contributed by atoms with E-state index in [2.05, 4.69) is 0 Å². The minimum atomic E-state index is -0.117. The number of allylic oxidation sites excluding steroid dienone is 2. The fraction of sp³-hybridized carbons (Fsp3) is 0.700. The van der Waals surface area contributed by atoms with Crippen LogP contribution in [0, 0.1) is 5.92 Å². The van der Waals surface area contributed by atoms with E-state index in [0.717, 1.165) is 19.4 Å². The normalized spacial score (nSPS) is 41.0. The SMILES string of the molecule is CC1=CC(=O)[C@H](C2(C)CO2)CC1. The van der Waals surface area contributed by atoms with Crippen molar-refractivity contribution in [2.24, 2.45) is 5.92 Å². The summed E-state index contributed by atoms with van der Waals surface area (Å²) in [7, 11) is 0. The molecular formula is C10H14O2. The third kappa shape index (κ3) is 1.20. The second-order valence-electron chi connectivity index (χ2n) is 4.09. The van der Waals surface area contributed by atoms with Crippen LogP contribution in [0.2, 0.25) is 0 Å². The minimum Gasteiger partial charge on any atom is -0.369 e. The molecule has 2 atom stereocenters. The molecule has 1 aliphatic carbocycles. The summed E-state index contributed by atoms with van der Waals surface area (Å²) in [5.74, 6) is 0.389. The van der Waals surface area contributed by atoms with Crippen molar-refractivity contribution in [3.63, 3.8) is 0 Å². The monoisotopic (exact) mass is 166 g/mol. The molecule has 2 rings (SSSR count). The molecule has 0 saturated carbocycles. The molecule has 1 fully saturated rings. The molecule has 0 bridgehead atoms. The molecule has 0 amide bonds. The molecule has 0 N–H and O–H groups in total. The van der Waals surface area contributed by atoms with Crippen molar-refractivity contribution in [3.05, 3.63) is 11.6 Å². The lowest BCUT2D eigenvalue weighted by molar-refractivity contribution is -0.120. The molecule has 0 aromatic rings. The van der Waals surface area contributed by atoms with E-state index in [1.807, 2.05) is 13.8 Å². The first-order valence-electron chi connectivity index (χ1n) is 4.47. The second kappa shape index (κ2) is 2.43. The van der Waals surface area contributed by atoms with Gasteiger partial charge in [-0.15, -0.1) is 0 Å². The minimum absolute atomic E-state index is 0.117. The van der Waals surface area contributed by atoms with Crippen LogP contribution in [0.3, 0.4) is 0 Å². The van der Waals surface area contributed by atoms with Crippen molar-refractivity contribution < 1.29 is 9.53 Å². The summed E-state index contributed by atoms with van der Waals surface area (Å²) in [6.07, 6.45) is 3.80. The van der Waals surface area contributed by atoms with E-state index in [1.165, 1.54) is 5.57 Å². The third-order valence-corrected chi connectivity index (χ3v) is 2.90. The van der Waals surface area contributed by atoms with Gasteiger partial charge in [0.25, 0.3) is 0 Å². The van der Waals surface area contributed by atoms with E-state index in [0.29, 0.717) is 0 Å². The predicted molar refractivity (Wildman–Crippen MR) is 45.8 cm³/mol. The topological polar surface area (TPSA) is 29.6 Å². The van der Waals surface area contributed by atoms with Gasteiger partial charge in [-0.05, 0) is 32.8 Å². The fourth-order valence-electron chi connectivity index (χ4n) is 1.85. The number of carbonyl (C=O) groups excluding carboxylic acids is 1. The summed E-state index contributed by atoms with van der Waals surface area (Å²) in [4.78, 5) is 11.5. The first-order valence-corrected chi connectivity index (χ1v) is 4.47. The average Bonchev–Trinajstić information content (AvgIpc) is 2.68. The summed E-state index contributed by atoms with van der Waals surface area (Å²) in [6, 6.07) is 0. The van der Waals surface area contributed by atoms with E-state index in [-0.39, 0.29) is 17.3 Å². The van der Waals surface area contributed by atoms with Crippen LogP contribution in [0.15, 0.2) is 11.6 Å². The Bertz CT molecular complexity index is 249. The zero-order chi connectivity index (χ0) is 8.77. The second-order valence-corrected chi connectivity index (χ2v) is 4.09. The molecule has 1 aliphatic heterocycles. The van der Waals surface area contributed by atoms with Crippen LogP contribution in [0.25, 0.3) is 0 Å². The lowest BCUT2D eigenvalue weighted by Crippen LogP contribution is -2.30. The van der Waals surface area contributed by atoms with Gasteiger partial charge in [0.1, 0.15) is 0 Å². The predicted octanol–water partition coefficient (Wildman–Crippen LogP) is 1.70. The molecule has 0 spiro atoms. The van der Waals surface area contributed by atoms with Crippen molar-refractivity contribution in [1.29, 1.82) is 0 Å². The molecule has 0 aromatic carbocycles. The maximum atomic E-state index is 11.5. The van der Waals surface area contributed by atoms with Crippen LogP contribution in [-0.4, -0.2) is 18.0 Å². The number of rotatable bonds is 1. The molecule has 66 valence electrons. The molecule has 12 heavy (non-hydrogen) atoms. The summed E-state index contributed by atoms with van der Waals surface area (Å²) < 4.78 is 5.29.